The van der Waals surface area contributed by atoms with E-state index in [0.717, 1.165) is 30.6 Å². The molecule has 3 aromatic rings. The molecule has 1 aliphatic rings. The second kappa shape index (κ2) is 9.53. The molecule has 0 unspecified atom stereocenters. The first-order chi connectivity index (χ1) is 15.4. The van der Waals surface area contributed by atoms with Crippen LogP contribution < -0.4 is 10.1 Å². The van der Waals surface area contributed by atoms with Crippen molar-refractivity contribution in [3.63, 3.8) is 0 Å². The standard InChI is InChI=1S/C21H21ClN4O4S2/c1-30-16-8-5-14(6-9-16)20-24-25-21(31-20)23-19(27)15-7-10-17(22)18(13-15)32(28,29)26-11-3-2-4-12-26/h5-10,13H,2-4,11-12H2,1H3,(H,23,25,27). The van der Waals surface area contributed by atoms with E-state index in [0.29, 0.717) is 23.2 Å². The first-order valence-corrected chi connectivity index (χ1v) is 12.6. The molecule has 1 amide bonds. The molecule has 0 saturated carbocycles. The highest BCUT2D eigenvalue weighted by molar-refractivity contribution is 7.89. The molecule has 1 aromatic heterocycles. The SMILES string of the molecule is COc1ccc(-c2nnc(NC(=O)c3ccc(Cl)c(S(=O)(=O)N4CCCCC4)c3)s2)cc1. The van der Waals surface area contributed by atoms with Gasteiger partial charge in [0, 0.05) is 24.2 Å². The van der Waals surface area contributed by atoms with E-state index in [1.54, 1.807) is 7.11 Å². The van der Waals surface area contributed by atoms with Crippen molar-refractivity contribution < 1.29 is 17.9 Å². The molecule has 11 heteroatoms. The number of halogens is 1. The van der Waals surface area contributed by atoms with E-state index < -0.39 is 15.9 Å². The Kier molecular flexibility index (Phi) is 6.75. The molecule has 0 spiro atoms. The van der Waals surface area contributed by atoms with Gasteiger partial charge in [0.25, 0.3) is 5.91 Å². The first kappa shape index (κ1) is 22.7. The van der Waals surface area contributed by atoms with Crippen molar-refractivity contribution in [1.29, 1.82) is 0 Å². The molecular weight excluding hydrogens is 472 g/mol. The maximum Gasteiger partial charge on any atom is 0.257 e. The minimum Gasteiger partial charge on any atom is -0.497 e. The van der Waals surface area contributed by atoms with Crippen molar-refractivity contribution in [1.82, 2.24) is 14.5 Å². The van der Waals surface area contributed by atoms with Gasteiger partial charge in [0.2, 0.25) is 15.2 Å². The van der Waals surface area contributed by atoms with Gasteiger partial charge in [0.1, 0.15) is 15.7 Å². The summed E-state index contributed by atoms with van der Waals surface area (Å²) in [6, 6.07) is 11.5. The highest BCUT2D eigenvalue weighted by Crippen LogP contribution is 2.30. The van der Waals surface area contributed by atoms with Gasteiger partial charge in [-0.25, -0.2) is 8.42 Å². The summed E-state index contributed by atoms with van der Waals surface area (Å²) in [6.45, 7) is 0.905. The summed E-state index contributed by atoms with van der Waals surface area (Å²) in [5.74, 6) is 0.235. The summed E-state index contributed by atoms with van der Waals surface area (Å²) in [5, 5.41) is 11.8. The molecule has 0 radical (unpaired) electrons. The topological polar surface area (TPSA) is 101 Å². The molecule has 1 saturated heterocycles. The van der Waals surface area contributed by atoms with Crippen LogP contribution in [0.1, 0.15) is 29.6 Å². The maximum absolute atomic E-state index is 13.0. The number of carbonyl (C=O) groups excluding carboxylic acids is 1. The largest absolute Gasteiger partial charge is 0.497 e. The average molecular weight is 493 g/mol. The van der Waals surface area contributed by atoms with Gasteiger partial charge in [-0.1, -0.05) is 29.4 Å². The van der Waals surface area contributed by atoms with Crippen LogP contribution in [0, 0.1) is 0 Å². The quantitative estimate of drug-likeness (QED) is 0.550. The first-order valence-electron chi connectivity index (χ1n) is 9.97. The summed E-state index contributed by atoms with van der Waals surface area (Å²) in [5.41, 5.74) is 1.01. The molecule has 32 heavy (non-hydrogen) atoms. The zero-order chi connectivity index (χ0) is 22.7. The molecule has 1 N–H and O–H groups in total. The van der Waals surface area contributed by atoms with Gasteiger partial charge in [0.05, 0.1) is 12.1 Å². The highest BCUT2D eigenvalue weighted by Gasteiger charge is 2.29. The number of piperidine rings is 1. The maximum atomic E-state index is 13.0. The summed E-state index contributed by atoms with van der Waals surface area (Å²) in [7, 11) is -2.18. The predicted molar refractivity (Wildman–Crippen MR) is 124 cm³/mol. The van der Waals surface area contributed by atoms with Crippen LogP contribution in [0.15, 0.2) is 47.4 Å². The molecule has 0 atom stereocenters. The number of aromatic nitrogens is 2. The molecular formula is C21H21ClN4O4S2. The van der Waals surface area contributed by atoms with Crippen molar-refractivity contribution in [2.24, 2.45) is 0 Å². The monoisotopic (exact) mass is 492 g/mol. The minimum atomic E-state index is -3.77. The number of methoxy groups -OCH3 is 1. The number of amides is 1. The van der Waals surface area contributed by atoms with Crippen LogP contribution in [0.4, 0.5) is 5.13 Å². The van der Waals surface area contributed by atoms with Crippen LogP contribution in [-0.2, 0) is 10.0 Å². The van der Waals surface area contributed by atoms with Crippen LogP contribution in [0.3, 0.4) is 0 Å². The molecule has 168 valence electrons. The smallest absolute Gasteiger partial charge is 0.257 e. The Balaban J connectivity index is 1.53. The van der Waals surface area contributed by atoms with E-state index in [1.165, 1.54) is 33.8 Å². The third-order valence-electron chi connectivity index (χ3n) is 5.11. The van der Waals surface area contributed by atoms with Crippen molar-refractivity contribution >= 4 is 44.0 Å². The molecule has 0 bridgehead atoms. The minimum absolute atomic E-state index is 0.0649. The molecule has 1 aliphatic heterocycles. The van der Waals surface area contributed by atoms with Crippen LogP contribution in [-0.4, -0.2) is 49.0 Å². The fraction of sp³-hybridized carbons (Fsp3) is 0.286. The number of nitrogens with zero attached hydrogens (tertiary/aromatic N) is 3. The van der Waals surface area contributed by atoms with Gasteiger partial charge in [-0.2, -0.15) is 4.31 Å². The normalized spacial score (nSPS) is 14.8. The van der Waals surface area contributed by atoms with Crippen molar-refractivity contribution in [2.75, 3.05) is 25.5 Å². The lowest BCUT2D eigenvalue weighted by Crippen LogP contribution is -2.35. The molecule has 2 heterocycles. The summed E-state index contributed by atoms with van der Waals surface area (Å²) < 4.78 is 32.6. The van der Waals surface area contributed by atoms with E-state index >= 15 is 0 Å². The molecule has 0 aliphatic carbocycles. The molecule has 8 nitrogen and oxygen atoms in total. The summed E-state index contributed by atoms with van der Waals surface area (Å²) in [4.78, 5) is 12.7. The fourth-order valence-corrected chi connectivity index (χ4v) is 6.14. The predicted octanol–water partition coefficient (Wildman–Crippen LogP) is 4.29. The Morgan fingerprint density at radius 2 is 1.81 bits per heavy atom. The number of sulfonamides is 1. The number of rotatable bonds is 6. The number of hydrogen-bond donors (Lipinski definition) is 1. The molecule has 4 rings (SSSR count). The third-order valence-corrected chi connectivity index (χ3v) is 8.38. The van der Waals surface area contributed by atoms with Gasteiger partial charge < -0.3 is 4.74 Å². The van der Waals surface area contributed by atoms with E-state index in [9.17, 15) is 13.2 Å². The summed E-state index contributed by atoms with van der Waals surface area (Å²) >= 11 is 7.40. The van der Waals surface area contributed by atoms with Crippen molar-refractivity contribution in [2.45, 2.75) is 24.2 Å². The Morgan fingerprint density at radius 1 is 1.09 bits per heavy atom. The van der Waals surface area contributed by atoms with Crippen LogP contribution in [0.5, 0.6) is 5.75 Å². The fourth-order valence-electron chi connectivity index (χ4n) is 3.38. The lowest BCUT2D eigenvalue weighted by Gasteiger charge is -2.26. The third kappa shape index (κ3) is 4.78. The number of carbonyl (C=O) groups is 1. The zero-order valence-electron chi connectivity index (χ0n) is 17.2. The number of ether oxygens (including phenoxy) is 1. The Morgan fingerprint density at radius 3 is 2.50 bits per heavy atom. The van der Waals surface area contributed by atoms with Gasteiger partial charge in [0.15, 0.2) is 0 Å². The number of hydrogen-bond acceptors (Lipinski definition) is 7. The number of anilines is 1. The van der Waals surface area contributed by atoms with Gasteiger partial charge in [-0.3, -0.25) is 10.1 Å². The van der Waals surface area contributed by atoms with Crippen LogP contribution >= 0.6 is 22.9 Å². The number of nitrogens with one attached hydrogen (secondary N) is 1. The van der Waals surface area contributed by atoms with Crippen LogP contribution in [0.25, 0.3) is 10.6 Å². The average Bonchev–Trinajstić information content (AvgIpc) is 3.28. The molecule has 1 fully saturated rings. The van der Waals surface area contributed by atoms with Crippen LogP contribution in [0.2, 0.25) is 5.02 Å². The second-order valence-corrected chi connectivity index (χ2v) is 10.5. The van der Waals surface area contributed by atoms with E-state index in [4.69, 9.17) is 16.3 Å². The number of benzene rings is 2. The Labute approximate surface area is 195 Å². The van der Waals surface area contributed by atoms with E-state index in [1.807, 2.05) is 24.3 Å². The Hall–Kier alpha value is -2.53. The second-order valence-electron chi connectivity index (χ2n) is 7.20. The van der Waals surface area contributed by atoms with E-state index in [-0.39, 0.29) is 15.5 Å². The highest BCUT2D eigenvalue weighted by atomic mass is 35.5. The Bertz CT molecular complexity index is 1220. The van der Waals surface area contributed by atoms with Gasteiger partial charge >= 0.3 is 0 Å². The lowest BCUT2D eigenvalue weighted by molar-refractivity contribution is 0.102. The van der Waals surface area contributed by atoms with Gasteiger partial charge in [-0.05, 0) is 55.3 Å². The zero-order valence-corrected chi connectivity index (χ0v) is 19.6. The lowest BCUT2D eigenvalue weighted by atomic mass is 10.2. The van der Waals surface area contributed by atoms with Gasteiger partial charge in [-0.15, -0.1) is 10.2 Å². The van der Waals surface area contributed by atoms with Crippen molar-refractivity contribution in [3.05, 3.63) is 53.1 Å². The van der Waals surface area contributed by atoms with Crippen molar-refractivity contribution in [3.8, 4) is 16.3 Å². The summed E-state index contributed by atoms with van der Waals surface area (Å²) in [6.07, 6.45) is 2.62. The molecule has 2 aromatic carbocycles. The van der Waals surface area contributed by atoms with E-state index in [2.05, 4.69) is 15.5 Å².